The summed E-state index contributed by atoms with van der Waals surface area (Å²) in [5, 5.41) is 10.4. The molecule has 2 aromatic rings. The van der Waals surface area contributed by atoms with E-state index in [0.29, 0.717) is 5.56 Å². The van der Waals surface area contributed by atoms with Crippen LogP contribution in [0.15, 0.2) is 61.4 Å². The molecule has 0 saturated carbocycles. The molecule has 2 atom stereocenters. The molecule has 4 nitrogen and oxygen atoms in total. The zero-order valence-corrected chi connectivity index (χ0v) is 11.3. The Labute approximate surface area is 117 Å². The molecule has 104 valence electrons. The number of carbonyl (C=O) groups excluding carboxylic acids is 1. The van der Waals surface area contributed by atoms with Crippen molar-refractivity contribution >= 4 is 5.97 Å². The van der Waals surface area contributed by atoms with E-state index in [4.69, 9.17) is 0 Å². The topological polar surface area (TPSA) is 51.5 Å². The minimum atomic E-state index is -0.730. The SMILES string of the molecule is C=C[C@@H]([C@H](O)c1ccc(C(=O)OC)cc1)n1cccc1. The fourth-order valence-electron chi connectivity index (χ4n) is 2.09. The van der Waals surface area contributed by atoms with Crippen molar-refractivity contribution in [3.8, 4) is 0 Å². The first-order valence-corrected chi connectivity index (χ1v) is 6.28. The van der Waals surface area contributed by atoms with Gasteiger partial charge < -0.3 is 14.4 Å². The van der Waals surface area contributed by atoms with Crippen molar-refractivity contribution in [2.45, 2.75) is 12.1 Å². The highest BCUT2D eigenvalue weighted by Crippen LogP contribution is 2.27. The maximum absolute atomic E-state index is 11.4. The quantitative estimate of drug-likeness (QED) is 0.672. The number of carbonyl (C=O) groups is 1. The highest BCUT2D eigenvalue weighted by atomic mass is 16.5. The molecule has 0 bridgehead atoms. The van der Waals surface area contributed by atoms with Crippen LogP contribution in [0.1, 0.15) is 28.1 Å². The summed E-state index contributed by atoms with van der Waals surface area (Å²) in [6.07, 6.45) is 4.71. The Balaban J connectivity index is 2.22. The molecular weight excluding hydrogens is 254 g/mol. The van der Waals surface area contributed by atoms with Crippen LogP contribution in [-0.4, -0.2) is 22.8 Å². The van der Waals surface area contributed by atoms with Gasteiger partial charge in [-0.3, -0.25) is 0 Å². The van der Waals surface area contributed by atoms with Crippen LogP contribution in [0.3, 0.4) is 0 Å². The molecule has 1 N–H and O–H groups in total. The Bertz CT molecular complexity index is 572. The summed E-state index contributed by atoms with van der Waals surface area (Å²) in [7, 11) is 1.34. The summed E-state index contributed by atoms with van der Waals surface area (Å²) in [5.41, 5.74) is 1.18. The first-order chi connectivity index (χ1) is 9.67. The molecule has 20 heavy (non-hydrogen) atoms. The van der Waals surface area contributed by atoms with Gasteiger partial charge >= 0.3 is 5.97 Å². The number of methoxy groups -OCH3 is 1. The lowest BCUT2D eigenvalue weighted by molar-refractivity contribution is 0.0600. The van der Waals surface area contributed by atoms with Gasteiger partial charge in [0.1, 0.15) is 6.10 Å². The number of aliphatic hydroxyl groups is 1. The van der Waals surface area contributed by atoms with Gasteiger partial charge in [-0.05, 0) is 29.8 Å². The fraction of sp³-hybridized carbons (Fsp3) is 0.188. The summed E-state index contributed by atoms with van der Waals surface area (Å²) in [6, 6.07) is 10.2. The molecule has 1 aromatic heterocycles. The highest BCUT2D eigenvalue weighted by molar-refractivity contribution is 5.89. The van der Waals surface area contributed by atoms with Gasteiger partial charge in [0.2, 0.25) is 0 Å². The van der Waals surface area contributed by atoms with Crippen LogP contribution in [0, 0.1) is 0 Å². The van der Waals surface area contributed by atoms with Crippen molar-refractivity contribution in [2.75, 3.05) is 7.11 Å². The maximum Gasteiger partial charge on any atom is 0.337 e. The van der Waals surface area contributed by atoms with E-state index in [1.165, 1.54) is 7.11 Å². The monoisotopic (exact) mass is 271 g/mol. The second kappa shape index (κ2) is 6.21. The van der Waals surface area contributed by atoms with Crippen molar-refractivity contribution in [1.82, 2.24) is 4.57 Å². The molecule has 2 rings (SSSR count). The Morgan fingerprint density at radius 3 is 2.40 bits per heavy atom. The van der Waals surface area contributed by atoms with Gasteiger partial charge in [-0.25, -0.2) is 4.79 Å². The minimum Gasteiger partial charge on any atom is -0.465 e. The zero-order chi connectivity index (χ0) is 14.5. The first-order valence-electron chi connectivity index (χ1n) is 6.28. The van der Waals surface area contributed by atoms with Crippen LogP contribution in [0.4, 0.5) is 0 Å². The third-order valence-electron chi connectivity index (χ3n) is 3.21. The number of ether oxygens (including phenoxy) is 1. The lowest BCUT2D eigenvalue weighted by Gasteiger charge is -2.22. The molecule has 1 heterocycles. The van der Waals surface area contributed by atoms with E-state index >= 15 is 0 Å². The third kappa shape index (κ3) is 2.81. The minimum absolute atomic E-state index is 0.256. The van der Waals surface area contributed by atoms with Crippen molar-refractivity contribution in [2.24, 2.45) is 0 Å². The number of esters is 1. The number of hydrogen-bond donors (Lipinski definition) is 1. The van der Waals surface area contributed by atoms with Crippen LogP contribution in [0.5, 0.6) is 0 Å². The van der Waals surface area contributed by atoms with Crippen LogP contribution < -0.4 is 0 Å². The van der Waals surface area contributed by atoms with Gasteiger partial charge in [0, 0.05) is 12.4 Å². The van der Waals surface area contributed by atoms with E-state index in [9.17, 15) is 9.90 Å². The van der Waals surface area contributed by atoms with Crippen LogP contribution in [-0.2, 0) is 4.74 Å². The normalized spacial score (nSPS) is 13.5. The summed E-state index contributed by atoms with van der Waals surface area (Å²) >= 11 is 0. The third-order valence-corrected chi connectivity index (χ3v) is 3.21. The second-order valence-corrected chi connectivity index (χ2v) is 4.41. The van der Waals surface area contributed by atoms with Crippen molar-refractivity contribution in [3.63, 3.8) is 0 Å². The molecule has 0 spiro atoms. The van der Waals surface area contributed by atoms with Crippen LogP contribution >= 0.6 is 0 Å². The second-order valence-electron chi connectivity index (χ2n) is 4.41. The Morgan fingerprint density at radius 2 is 1.90 bits per heavy atom. The van der Waals surface area contributed by atoms with Crippen molar-refractivity contribution in [3.05, 3.63) is 72.6 Å². The molecule has 0 aliphatic rings. The van der Waals surface area contributed by atoms with Crippen LogP contribution in [0.2, 0.25) is 0 Å². The molecule has 0 saturated heterocycles. The van der Waals surface area contributed by atoms with E-state index in [1.54, 1.807) is 30.3 Å². The van der Waals surface area contributed by atoms with E-state index < -0.39 is 12.1 Å². The number of nitrogens with zero attached hydrogens (tertiary/aromatic N) is 1. The molecule has 1 aromatic carbocycles. The average molecular weight is 271 g/mol. The molecule has 0 radical (unpaired) electrons. The van der Waals surface area contributed by atoms with Gasteiger partial charge in [0.15, 0.2) is 0 Å². The van der Waals surface area contributed by atoms with Gasteiger partial charge in [-0.15, -0.1) is 6.58 Å². The molecule has 0 amide bonds. The van der Waals surface area contributed by atoms with E-state index in [-0.39, 0.29) is 6.04 Å². The fourth-order valence-corrected chi connectivity index (χ4v) is 2.09. The van der Waals surface area contributed by atoms with Gasteiger partial charge in [0.25, 0.3) is 0 Å². The summed E-state index contributed by atoms with van der Waals surface area (Å²) in [6.45, 7) is 3.77. The number of hydrogen-bond acceptors (Lipinski definition) is 3. The van der Waals surface area contributed by atoms with Crippen molar-refractivity contribution in [1.29, 1.82) is 0 Å². The predicted octanol–water partition coefficient (Wildman–Crippen LogP) is 2.74. The van der Waals surface area contributed by atoms with Gasteiger partial charge in [-0.2, -0.15) is 0 Å². The summed E-state index contributed by atoms with van der Waals surface area (Å²) in [5.74, 6) is -0.392. The Hall–Kier alpha value is -2.33. The van der Waals surface area contributed by atoms with E-state index in [1.807, 2.05) is 29.1 Å². The maximum atomic E-state index is 11.4. The summed E-state index contributed by atoms with van der Waals surface area (Å²) < 4.78 is 6.52. The zero-order valence-electron chi connectivity index (χ0n) is 11.3. The lowest BCUT2D eigenvalue weighted by atomic mass is 10.0. The summed E-state index contributed by atoms with van der Waals surface area (Å²) in [4.78, 5) is 11.4. The smallest absolute Gasteiger partial charge is 0.337 e. The Kier molecular flexibility index (Phi) is 4.38. The first kappa shape index (κ1) is 14.1. The van der Waals surface area contributed by atoms with Crippen LogP contribution in [0.25, 0.3) is 0 Å². The molecule has 0 aliphatic carbocycles. The van der Waals surface area contributed by atoms with Gasteiger partial charge in [0.05, 0.1) is 18.7 Å². The highest BCUT2D eigenvalue weighted by Gasteiger charge is 2.19. The van der Waals surface area contributed by atoms with Gasteiger partial charge in [-0.1, -0.05) is 18.2 Å². The average Bonchev–Trinajstić information content (AvgIpc) is 3.01. The molecule has 0 fully saturated rings. The van der Waals surface area contributed by atoms with Crippen molar-refractivity contribution < 1.29 is 14.6 Å². The predicted molar refractivity (Wildman–Crippen MR) is 76.4 cm³/mol. The van der Waals surface area contributed by atoms with E-state index in [2.05, 4.69) is 11.3 Å². The largest absolute Gasteiger partial charge is 0.465 e. The number of aromatic nitrogens is 1. The Morgan fingerprint density at radius 1 is 1.30 bits per heavy atom. The molecule has 4 heteroatoms. The molecule has 0 unspecified atom stereocenters. The number of benzene rings is 1. The number of aliphatic hydroxyl groups excluding tert-OH is 1. The number of rotatable bonds is 5. The molecular formula is C16H17NO3. The van der Waals surface area contributed by atoms with E-state index in [0.717, 1.165) is 5.56 Å². The molecule has 0 aliphatic heterocycles. The lowest BCUT2D eigenvalue weighted by Crippen LogP contribution is -2.14. The standard InChI is InChI=1S/C16H17NO3/c1-3-14(17-10-4-5-11-17)15(18)12-6-8-13(9-7-12)16(19)20-2/h3-11,14-15,18H,1H2,2H3/t14-,15+/m0/s1.